The number of nitrogens with one attached hydrogen (secondary N) is 2. The molecule has 3 aromatic rings. The fraction of sp³-hybridized carbons (Fsp3) is 0.0476. The number of thiocarbonyl (C=S) groups is 1. The third kappa shape index (κ3) is 5.29. The first kappa shape index (κ1) is 18.4. The summed E-state index contributed by atoms with van der Waals surface area (Å²) in [5, 5.41) is 15.2. The van der Waals surface area contributed by atoms with Crippen molar-refractivity contribution in [3.05, 3.63) is 90.0 Å². The Bertz CT molecular complexity index is 945. The van der Waals surface area contributed by atoms with Gasteiger partial charge in [-0.1, -0.05) is 48.5 Å². The van der Waals surface area contributed by atoms with E-state index in [1.54, 1.807) is 42.5 Å². The van der Waals surface area contributed by atoms with Crippen LogP contribution in [-0.2, 0) is 6.61 Å². The molecule has 0 saturated carbocycles. The van der Waals surface area contributed by atoms with Gasteiger partial charge >= 0.3 is 0 Å². The second-order valence-corrected chi connectivity index (χ2v) is 6.14. The van der Waals surface area contributed by atoms with Gasteiger partial charge in [-0.3, -0.25) is 10.1 Å². The van der Waals surface area contributed by atoms with Crippen molar-refractivity contribution >= 4 is 28.9 Å². The highest BCUT2D eigenvalue weighted by atomic mass is 32.1. The Labute approximate surface area is 162 Å². The summed E-state index contributed by atoms with van der Waals surface area (Å²) in [5.74, 6) is 0.268. The third-order valence-electron chi connectivity index (χ3n) is 3.72. The first-order valence-electron chi connectivity index (χ1n) is 8.29. The van der Waals surface area contributed by atoms with E-state index in [1.807, 2.05) is 30.3 Å². The van der Waals surface area contributed by atoms with Crippen molar-refractivity contribution in [2.75, 3.05) is 5.32 Å². The predicted octanol–water partition coefficient (Wildman–Crippen LogP) is 4.10. The molecular formula is C21H18N2O3S. The number of hydrogen-bond donors (Lipinski definition) is 3. The van der Waals surface area contributed by atoms with Crippen molar-refractivity contribution < 1.29 is 14.6 Å². The van der Waals surface area contributed by atoms with Gasteiger partial charge < -0.3 is 15.2 Å². The maximum Gasteiger partial charge on any atom is 0.257 e. The molecule has 136 valence electrons. The lowest BCUT2D eigenvalue weighted by Gasteiger charge is -2.11. The third-order valence-corrected chi connectivity index (χ3v) is 3.93. The molecule has 0 aromatic heterocycles. The normalized spacial score (nSPS) is 10.1. The highest BCUT2D eigenvalue weighted by Gasteiger charge is 2.10. The van der Waals surface area contributed by atoms with Gasteiger partial charge in [0.1, 0.15) is 18.1 Å². The Morgan fingerprint density at radius 1 is 0.963 bits per heavy atom. The topological polar surface area (TPSA) is 70.6 Å². The molecule has 0 atom stereocenters. The number of carbonyl (C=O) groups excluding carboxylic acids is 1. The van der Waals surface area contributed by atoms with Gasteiger partial charge in [0.2, 0.25) is 0 Å². The van der Waals surface area contributed by atoms with Gasteiger partial charge in [0, 0.05) is 5.56 Å². The molecule has 27 heavy (non-hydrogen) atoms. The van der Waals surface area contributed by atoms with Gasteiger partial charge in [0.05, 0.1) is 5.69 Å². The lowest BCUT2D eigenvalue weighted by Crippen LogP contribution is -2.34. The van der Waals surface area contributed by atoms with Crippen LogP contribution in [0.1, 0.15) is 15.9 Å². The number of aromatic hydroxyl groups is 1. The summed E-state index contributed by atoms with van der Waals surface area (Å²) in [5.41, 5.74) is 1.88. The smallest absolute Gasteiger partial charge is 0.257 e. The average molecular weight is 378 g/mol. The zero-order valence-corrected chi connectivity index (χ0v) is 15.2. The number of rotatable bonds is 5. The van der Waals surface area contributed by atoms with Crippen LogP contribution in [0, 0.1) is 0 Å². The number of benzene rings is 3. The van der Waals surface area contributed by atoms with E-state index in [0.29, 0.717) is 23.6 Å². The van der Waals surface area contributed by atoms with Crippen molar-refractivity contribution in [3.63, 3.8) is 0 Å². The molecule has 0 saturated heterocycles. The Balaban J connectivity index is 1.59. The Morgan fingerprint density at radius 3 is 2.48 bits per heavy atom. The number of amides is 1. The number of para-hydroxylation sites is 2. The molecular weight excluding hydrogens is 360 g/mol. The molecule has 0 heterocycles. The summed E-state index contributed by atoms with van der Waals surface area (Å²) in [7, 11) is 0. The van der Waals surface area contributed by atoms with Gasteiger partial charge in [-0.05, 0) is 48.1 Å². The lowest BCUT2D eigenvalue weighted by molar-refractivity contribution is 0.0977. The second kappa shape index (κ2) is 8.82. The van der Waals surface area contributed by atoms with Gasteiger partial charge in [-0.25, -0.2) is 0 Å². The highest BCUT2D eigenvalue weighted by molar-refractivity contribution is 7.80. The van der Waals surface area contributed by atoms with Crippen molar-refractivity contribution in [1.29, 1.82) is 0 Å². The second-order valence-electron chi connectivity index (χ2n) is 5.73. The minimum atomic E-state index is -0.368. The predicted molar refractivity (Wildman–Crippen MR) is 109 cm³/mol. The van der Waals surface area contributed by atoms with E-state index in [9.17, 15) is 9.90 Å². The van der Waals surface area contributed by atoms with Crippen LogP contribution in [0.4, 0.5) is 5.69 Å². The Morgan fingerprint density at radius 2 is 1.70 bits per heavy atom. The van der Waals surface area contributed by atoms with Crippen LogP contribution >= 0.6 is 12.2 Å². The molecule has 0 spiro atoms. The number of ether oxygens (including phenoxy) is 1. The maximum absolute atomic E-state index is 12.4. The molecule has 0 unspecified atom stereocenters. The van der Waals surface area contributed by atoms with E-state index in [2.05, 4.69) is 10.6 Å². The van der Waals surface area contributed by atoms with Crippen molar-refractivity contribution in [1.82, 2.24) is 5.32 Å². The zero-order chi connectivity index (χ0) is 19.1. The van der Waals surface area contributed by atoms with Gasteiger partial charge in [-0.15, -0.1) is 0 Å². The average Bonchev–Trinajstić information content (AvgIpc) is 2.69. The molecule has 3 rings (SSSR count). The Hall–Kier alpha value is -3.38. The van der Waals surface area contributed by atoms with Crippen molar-refractivity contribution in [3.8, 4) is 11.5 Å². The molecule has 0 fully saturated rings. The van der Waals surface area contributed by atoms with Crippen LogP contribution in [0.15, 0.2) is 78.9 Å². The number of hydrogen-bond acceptors (Lipinski definition) is 4. The van der Waals surface area contributed by atoms with E-state index in [1.165, 1.54) is 6.07 Å². The van der Waals surface area contributed by atoms with E-state index < -0.39 is 0 Å². The fourth-order valence-corrected chi connectivity index (χ4v) is 2.58. The largest absolute Gasteiger partial charge is 0.506 e. The zero-order valence-electron chi connectivity index (χ0n) is 14.4. The van der Waals surface area contributed by atoms with Crippen LogP contribution < -0.4 is 15.4 Å². The van der Waals surface area contributed by atoms with E-state index in [4.69, 9.17) is 17.0 Å². The van der Waals surface area contributed by atoms with Crippen molar-refractivity contribution in [2.24, 2.45) is 0 Å². The lowest BCUT2D eigenvalue weighted by atomic mass is 10.2. The monoisotopic (exact) mass is 378 g/mol. The summed E-state index contributed by atoms with van der Waals surface area (Å²) in [4.78, 5) is 12.4. The molecule has 3 N–H and O–H groups in total. The first-order valence-corrected chi connectivity index (χ1v) is 8.70. The Kier molecular flexibility index (Phi) is 6.02. The molecule has 0 radical (unpaired) electrons. The van der Waals surface area contributed by atoms with E-state index in [0.717, 1.165) is 5.56 Å². The SMILES string of the molecule is O=C(NC(=S)Nc1ccccc1O)c1cccc(OCc2ccccc2)c1. The molecule has 0 aliphatic heterocycles. The highest BCUT2D eigenvalue weighted by Crippen LogP contribution is 2.21. The summed E-state index contributed by atoms with van der Waals surface area (Å²) >= 11 is 5.13. The van der Waals surface area contributed by atoms with Crippen LogP contribution in [-0.4, -0.2) is 16.1 Å². The van der Waals surface area contributed by atoms with Gasteiger partial charge in [0.15, 0.2) is 5.11 Å². The maximum atomic E-state index is 12.4. The first-order chi connectivity index (χ1) is 13.1. The summed E-state index contributed by atoms with van der Waals surface area (Å²) < 4.78 is 5.74. The van der Waals surface area contributed by atoms with E-state index in [-0.39, 0.29) is 16.8 Å². The fourth-order valence-electron chi connectivity index (χ4n) is 2.38. The number of phenols is 1. The number of anilines is 1. The molecule has 6 heteroatoms. The number of carbonyl (C=O) groups is 1. The molecule has 0 aliphatic rings. The summed E-state index contributed by atoms with van der Waals surface area (Å²) in [6.45, 7) is 0.416. The van der Waals surface area contributed by atoms with Crippen LogP contribution in [0.5, 0.6) is 11.5 Å². The molecule has 5 nitrogen and oxygen atoms in total. The molecule has 3 aromatic carbocycles. The number of phenolic OH excluding ortho intramolecular Hbond substituents is 1. The van der Waals surface area contributed by atoms with Crippen molar-refractivity contribution in [2.45, 2.75) is 6.61 Å². The molecule has 1 amide bonds. The summed E-state index contributed by atoms with van der Waals surface area (Å²) in [6, 6.07) is 23.3. The quantitative estimate of drug-likeness (QED) is 0.461. The van der Waals surface area contributed by atoms with Gasteiger partial charge in [-0.2, -0.15) is 0 Å². The summed E-state index contributed by atoms with van der Waals surface area (Å²) in [6.07, 6.45) is 0. The van der Waals surface area contributed by atoms with Crippen LogP contribution in [0.3, 0.4) is 0 Å². The molecule has 0 bridgehead atoms. The minimum absolute atomic E-state index is 0.0467. The van der Waals surface area contributed by atoms with E-state index >= 15 is 0 Å². The van der Waals surface area contributed by atoms with Crippen LogP contribution in [0.2, 0.25) is 0 Å². The minimum Gasteiger partial charge on any atom is -0.506 e. The molecule has 0 aliphatic carbocycles. The standard InChI is InChI=1S/C21H18N2O3S/c24-19-12-5-4-11-18(19)22-21(27)23-20(25)16-9-6-10-17(13-16)26-14-15-7-2-1-3-8-15/h1-13,24H,14H2,(H2,22,23,25,27). The van der Waals surface area contributed by atoms with Gasteiger partial charge in [0.25, 0.3) is 5.91 Å². The van der Waals surface area contributed by atoms with Crippen LogP contribution in [0.25, 0.3) is 0 Å².